The summed E-state index contributed by atoms with van der Waals surface area (Å²) in [5.41, 5.74) is 7.54. The van der Waals surface area contributed by atoms with Crippen LogP contribution in [0.1, 0.15) is 21.6 Å². The molecular formula is C14H13BrN2O2. The molecule has 0 aliphatic heterocycles. The molecule has 0 saturated heterocycles. The minimum atomic E-state index is -0.441. The third-order valence-electron chi connectivity index (χ3n) is 2.53. The molecule has 0 spiro atoms. The van der Waals surface area contributed by atoms with Crippen molar-refractivity contribution < 1.29 is 9.53 Å². The second kappa shape index (κ2) is 6.45. The molecule has 98 valence electrons. The van der Waals surface area contributed by atoms with Crippen LogP contribution in [0.15, 0.2) is 47.1 Å². The number of ether oxygens (including phenoxy) is 1. The molecule has 0 atom stereocenters. The second-order valence-corrected chi connectivity index (χ2v) is 4.88. The fourth-order valence-electron chi connectivity index (χ4n) is 1.52. The Balaban J connectivity index is 1.97. The number of nitrogens with zero attached hydrogens (tertiary/aromatic N) is 1. The molecule has 1 aromatic carbocycles. The maximum absolute atomic E-state index is 11.8. The average molecular weight is 321 g/mol. The topological polar surface area (TPSA) is 65.2 Å². The summed E-state index contributed by atoms with van der Waals surface area (Å²) in [5, 5.41) is 0. The highest BCUT2D eigenvalue weighted by atomic mass is 79.9. The zero-order chi connectivity index (χ0) is 13.7. The first-order chi connectivity index (χ1) is 9.19. The van der Waals surface area contributed by atoms with Crippen molar-refractivity contribution in [3.05, 3.63) is 63.9 Å². The van der Waals surface area contributed by atoms with Gasteiger partial charge in [0, 0.05) is 17.2 Å². The van der Waals surface area contributed by atoms with E-state index in [1.165, 1.54) is 0 Å². The van der Waals surface area contributed by atoms with Gasteiger partial charge in [0.05, 0.1) is 0 Å². The molecule has 0 fully saturated rings. The van der Waals surface area contributed by atoms with Crippen LogP contribution in [0.4, 0.5) is 0 Å². The number of aromatic nitrogens is 1. The summed E-state index contributed by atoms with van der Waals surface area (Å²) in [6.45, 7) is 0.624. The highest BCUT2D eigenvalue weighted by Gasteiger charge is 2.08. The van der Waals surface area contributed by atoms with Crippen LogP contribution in [-0.4, -0.2) is 11.0 Å². The average Bonchev–Trinajstić information content (AvgIpc) is 2.45. The van der Waals surface area contributed by atoms with Gasteiger partial charge in [-0.25, -0.2) is 9.78 Å². The third-order valence-corrected chi connectivity index (χ3v) is 3.02. The van der Waals surface area contributed by atoms with Gasteiger partial charge in [0.2, 0.25) is 0 Å². The molecule has 0 saturated carbocycles. The molecule has 0 aliphatic rings. The fraction of sp³-hybridized carbons (Fsp3) is 0.143. The molecule has 2 N–H and O–H groups in total. The predicted molar refractivity (Wildman–Crippen MR) is 75.4 cm³/mol. The van der Waals surface area contributed by atoms with Crippen LogP contribution in [0.25, 0.3) is 0 Å². The Morgan fingerprint density at radius 2 is 2.11 bits per heavy atom. The Bertz CT molecular complexity index is 570. The van der Waals surface area contributed by atoms with Gasteiger partial charge in [0.15, 0.2) is 0 Å². The number of pyridine rings is 1. The number of carbonyl (C=O) groups excluding carboxylic acids is 1. The number of hydrogen-bond donors (Lipinski definition) is 1. The van der Waals surface area contributed by atoms with E-state index >= 15 is 0 Å². The first kappa shape index (κ1) is 13.7. The van der Waals surface area contributed by atoms with Gasteiger partial charge in [-0.1, -0.05) is 34.1 Å². The van der Waals surface area contributed by atoms with E-state index in [1.807, 2.05) is 24.3 Å². The molecule has 2 aromatic rings. The summed E-state index contributed by atoms with van der Waals surface area (Å²) in [7, 11) is 0. The van der Waals surface area contributed by atoms with Gasteiger partial charge in [-0.15, -0.1) is 0 Å². The van der Waals surface area contributed by atoms with Crippen LogP contribution in [0.5, 0.6) is 0 Å². The lowest BCUT2D eigenvalue weighted by Gasteiger charge is -2.05. The molecule has 0 aliphatic carbocycles. The fourth-order valence-corrected chi connectivity index (χ4v) is 1.96. The predicted octanol–water partition coefficient (Wildman–Crippen LogP) is 2.66. The van der Waals surface area contributed by atoms with Crippen molar-refractivity contribution >= 4 is 21.9 Å². The smallest absolute Gasteiger partial charge is 0.357 e. The molecule has 4 nitrogen and oxygen atoms in total. The van der Waals surface area contributed by atoms with Crippen molar-refractivity contribution in [1.29, 1.82) is 0 Å². The minimum absolute atomic E-state index is 0.221. The Labute approximate surface area is 119 Å². The van der Waals surface area contributed by atoms with Gasteiger partial charge in [0.1, 0.15) is 12.3 Å². The number of esters is 1. The van der Waals surface area contributed by atoms with E-state index in [2.05, 4.69) is 20.9 Å². The highest BCUT2D eigenvalue weighted by Crippen LogP contribution is 2.13. The summed E-state index contributed by atoms with van der Waals surface area (Å²) in [4.78, 5) is 15.8. The van der Waals surface area contributed by atoms with E-state index in [4.69, 9.17) is 10.5 Å². The number of hydrogen-bond acceptors (Lipinski definition) is 4. The van der Waals surface area contributed by atoms with Crippen molar-refractivity contribution in [3.63, 3.8) is 0 Å². The van der Waals surface area contributed by atoms with Crippen LogP contribution in [0.2, 0.25) is 0 Å². The van der Waals surface area contributed by atoms with E-state index < -0.39 is 5.97 Å². The van der Waals surface area contributed by atoms with Crippen LogP contribution < -0.4 is 5.73 Å². The Hall–Kier alpha value is -1.72. The monoisotopic (exact) mass is 320 g/mol. The summed E-state index contributed by atoms with van der Waals surface area (Å²) in [5.74, 6) is -0.441. The van der Waals surface area contributed by atoms with Crippen molar-refractivity contribution in [2.24, 2.45) is 5.73 Å². The number of rotatable bonds is 4. The summed E-state index contributed by atoms with van der Waals surface area (Å²) >= 11 is 3.37. The minimum Gasteiger partial charge on any atom is -0.456 e. The number of carbonyl (C=O) groups is 1. The van der Waals surface area contributed by atoms with E-state index in [0.717, 1.165) is 15.6 Å². The molecule has 1 aromatic heterocycles. The molecule has 5 heteroatoms. The highest BCUT2D eigenvalue weighted by molar-refractivity contribution is 9.10. The van der Waals surface area contributed by atoms with Crippen molar-refractivity contribution in [2.45, 2.75) is 13.2 Å². The van der Waals surface area contributed by atoms with E-state index in [0.29, 0.717) is 6.54 Å². The first-order valence-corrected chi connectivity index (χ1v) is 6.55. The molecule has 2 rings (SSSR count). The number of nitrogens with two attached hydrogens (primary N) is 1. The van der Waals surface area contributed by atoms with Gasteiger partial charge >= 0.3 is 5.97 Å². The van der Waals surface area contributed by atoms with Gasteiger partial charge in [0.25, 0.3) is 0 Å². The Morgan fingerprint density at radius 1 is 1.26 bits per heavy atom. The van der Waals surface area contributed by atoms with Crippen molar-refractivity contribution in [3.8, 4) is 0 Å². The molecule has 0 unspecified atom stereocenters. The van der Waals surface area contributed by atoms with Crippen molar-refractivity contribution in [2.75, 3.05) is 0 Å². The van der Waals surface area contributed by atoms with Gasteiger partial charge in [-0.05, 0) is 29.3 Å². The lowest BCUT2D eigenvalue weighted by Crippen LogP contribution is -2.08. The second-order valence-electron chi connectivity index (χ2n) is 3.96. The van der Waals surface area contributed by atoms with E-state index in [1.54, 1.807) is 18.3 Å². The lowest BCUT2D eigenvalue weighted by molar-refractivity contribution is 0.0465. The largest absolute Gasteiger partial charge is 0.456 e. The zero-order valence-electron chi connectivity index (χ0n) is 10.2. The normalized spacial score (nSPS) is 10.2. The number of benzene rings is 1. The van der Waals surface area contributed by atoms with Gasteiger partial charge in [-0.2, -0.15) is 0 Å². The van der Waals surface area contributed by atoms with Crippen LogP contribution >= 0.6 is 15.9 Å². The van der Waals surface area contributed by atoms with Crippen molar-refractivity contribution in [1.82, 2.24) is 4.98 Å². The maximum Gasteiger partial charge on any atom is 0.357 e. The van der Waals surface area contributed by atoms with Crippen LogP contribution in [0, 0.1) is 0 Å². The Kier molecular flexibility index (Phi) is 4.65. The van der Waals surface area contributed by atoms with Gasteiger partial charge < -0.3 is 10.5 Å². The molecule has 0 bridgehead atoms. The van der Waals surface area contributed by atoms with Crippen LogP contribution in [-0.2, 0) is 17.9 Å². The van der Waals surface area contributed by atoms with E-state index in [-0.39, 0.29) is 12.3 Å². The molecular weight excluding hydrogens is 308 g/mol. The molecule has 0 radical (unpaired) electrons. The summed E-state index contributed by atoms with van der Waals surface area (Å²) in [6.07, 6.45) is 1.58. The third kappa shape index (κ3) is 3.87. The molecule has 1 heterocycles. The van der Waals surface area contributed by atoms with E-state index in [9.17, 15) is 4.79 Å². The molecule has 19 heavy (non-hydrogen) atoms. The standard InChI is InChI=1S/C14H13BrN2O2/c15-12-3-1-2-10(6-12)9-19-14(18)13-5-4-11(7-16)8-17-13/h1-6,8H,7,9,16H2. The Morgan fingerprint density at radius 3 is 2.74 bits per heavy atom. The zero-order valence-corrected chi connectivity index (χ0v) is 11.8. The molecule has 0 amide bonds. The summed E-state index contributed by atoms with van der Waals surface area (Å²) in [6, 6.07) is 11.0. The van der Waals surface area contributed by atoms with Crippen LogP contribution in [0.3, 0.4) is 0 Å². The maximum atomic E-state index is 11.8. The lowest BCUT2D eigenvalue weighted by atomic mass is 10.2. The summed E-state index contributed by atoms with van der Waals surface area (Å²) < 4.78 is 6.14. The SMILES string of the molecule is NCc1ccc(C(=O)OCc2cccc(Br)c2)nc1. The quantitative estimate of drug-likeness (QED) is 0.879. The number of halogens is 1. The first-order valence-electron chi connectivity index (χ1n) is 5.75. The van der Waals surface area contributed by atoms with Gasteiger partial charge in [-0.3, -0.25) is 0 Å².